The maximum Gasteiger partial charge on any atom is 0.418 e. The lowest BCUT2D eigenvalue weighted by molar-refractivity contribution is -0.137. The van der Waals surface area contributed by atoms with Gasteiger partial charge in [-0.1, -0.05) is 41.6 Å². The second-order valence-electron chi connectivity index (χ2n) is 6.50. The first-order chi connectivity index (χ1) is 13.7. The molecule has 29 heavy (non-hydrogen) atoms. The number of hydrogen-bond acceptors (Lipinski definition) is 5. The number of rotatable bonds is 5. The molecular weight excluding hydrogens is 403 g/mol. The Bertz CT molecular complexity index is 1030. The predicted molar refractivity (Wildman–Crippen MR) is 104 cm³/mol. The highest BCUT2D eigenvalue weighted by atomic mass is 32.2. The molecule has 3 aromatic rings. The molecule has 0 atom stereocenters. The van der Waals surface area contributed by atoms with Gasteiger partial charge in [-0.05, 0) is 54.5 Å². The van der Waals surface area contributed by atoms with Gasteiger partial charge >= 0.3 is 6.18 Å². The molecule has 0 fully saturated rings. The van der Waals surface area contributed by atoms with Crippen LogP contribution in [-0.4, -0.2) is 31.9 Å². The van der Waals surface area contributed by atoms with Crippen LogP contribution in [-0.2, 0) is 11.0 Å². The molecule has 1 heterocycles. The Kier molecular flexibility index (Phi) is 5.92. The summed E-state index contributed by atoms with van der Waals surface area (Å²) in [5.74, 6) is -0.727. The Hall–Kier alpha value is -2.88. The zero-order valence-corrected chi connectivity index (χ0v) is 16.7. The molecule has 0 spiro atoms. The fourth-order valence-corrected chi connectivity index (χ4v) is 3.75. The first kappa shape index (κ1) is 20.8. The summed E-state index contributed by atoms with van der Waals surface area (Å²) in [5.41, 5.74) is 2.68. The second kappa shape index (κ2) is 8.24. The minimum absolute atomic E-state index is 0.142. The quantitative estimate of drug-likeness (QED) is 0.621. The highest BCUT2D eigenvalue weighted by molar-refractivity contribution is 7.99. The Balaban J connectivity index is 1.75. The SMILES string of the molecule is Cc1cc(C)c(-n2nnnc2SCC(=O)Nc2ccccc2C(F)(F)F)c(C)c1. The number of alkyl halides is 3. The molecule has 0 aliphatic heterocycles. The van der Waals surface area contributed by atoms with E-state index >= 15 is 0 Å². The summed E-state index contributed by atoms with van der Waals surface area (Å²) in [6.07, 6.45) is -4.55. The number of carbonyl (C=O) groups is 1. The van der Waals surface area contributed by atoms with Crippen LogP contribution in [0.5, 0.6) is 0 Å². The van der Waals surface area contributed by atoms with E-state index in [4.69, 9.17) is 0 Å². The number of thioether (sulfide) groups is 1. The molecule has 2 aromatic carbocycles. The van der Waals surface area contributed by atoms with E-state index in [0.717, 1.165) is 40.2 Å². The van der Waals surface area contributed by atoms with Gasteiger partial charge in [-0.15, -0.1) is 5.10 Å². The van der Waals surface area contributed by atoms with Gasteiger partial charge in [0.05, 0.1) is 22.7 Å². The van der Waals surface area contributed by atoms with Crippen LogP contribution >= 0.6 is 11.8 Å². The molecule has 0 radical (unpaired) electrons. The van der Waals surface area contributed by atoms with E-state index in [2.05, 4.69) is 20.8 Å². The van der Waals surface area contributed by atoms with Gasteiger partial charge in [-0.2, -0.15) is 17.9 Å². The van der Waals surface area contributed by atoms with E-state index in [1.807, 2.05) is 32.9 Å². The number of aromatic nitrogens is 4. The van der Waals surface area contributed by atoms with E-state index in [-0.39, 0.29) is 11.4 Å². The average Bonchev–Trinajstić information content (AvgIpc) is 3.07. The lowest BCUT2D eigenvalue weighted by atomic mass is 10.1. The number of benzene rings is 2. The molecule has 0 saturated heterocycles. The monoisotopic (exact) mass is 421 g/mol. The van der Waals surface area contributed by atoms with Gasteiger partial charge in [-0.25, -0.2) is 0 Å². The van der Waals surface area contributed by atoms with Gasteiger partial charge in [-0.3, -0.25) is 4.79 Å². The molecule has 152 valence electrons. The van der Waals surface area contributed by atoms with Crippen LogP contribution in [0, 0.1) is 20.8 Å². The zero-order valence-electron chi connectivity index (χ0n) is 15.9. The van der Waals surface area contributed by atoms with Gasteiger partial charge in [0.25, 0.3) is 0 Å². The highest BCUT2D eigenvalue weighted by Gasteiger charge is 2.33. The zero-order chi connectivity index (χ0) is 21.2. The third-order valence-corrected chi connectivity index (χ3v) is 5.05. The normalized spacial score (nSPS) is 11.5. The van der Waals surface area contributed by atoms with Crippen molar-refractivity contribution in [3.05, 3.63) is 58.7 Å². The fourth-order valence-electron chi connectivity index (χ4n) is 3.07. The standard InChI is InChI=1S/C19H18F3N5OS/c1-11-8-12(2)17(13(3)9-11)27-18(24-25-26-27)29-10-16(28)23-15-7-5-4-6-14(15)19(20,21)22/h4-9H,10H2,1-3H3,(H,23,28). The van der Waals surface area contributed by atoms with Crippen LogP contribution < -0.4 is 5.32 Å². The average molecular weight is 421 g/mol. The van der Waals surface area contributed by atoms with E-state index in [1.165, 1.54) is 22.9 Å². The molecular formula is C19H18F3N5OS. The molecule has 0 unspecified atom stereocenters. The number of halogens is 3. The summed E-state index contributed by atoms with van der Waals surface area (Å²) in [7, 11) is 0. The minimum atomic E-state index is -4.55. The molecule has 0 bridgehead atoms. The fraction of sp³-hybridized carbons (Fsp3) is 0.263. The summed E-state index contributed by atoms with van der Waals surface area (Å²) >= 11 is 1.04. The summed E-state index contributed by atoms with van der Waals surface area (Å²) < 4.78 is 40.7. The van der Waals surface area contributed by atoms with Crippen molar-refractivity contribution in [2.75, 3.05) is 11.1 Å². The Morgan fingerprint density at radius 1 is 1.14 bits per heavy atom. The number of para-hydroxylation sites is 1. The van der Waals surface area contributed by atoms with Crippen molar-refractivity contribution >= 4 is 23.4 Å². The number of nitrogens with one attached hydrogen (secondary N) is 1. The van der Waals surface area contributed by atoms with Crippen LogP contribution in [0.15, 0.2) is 41.6 Å². The van der Waals surface area contributed by atoms with Crippen molar-refractivity contribution in [2.24, 2.45) is 0 Å². The van der Waals surface area contributed by atoms with Crippen molar-refractivity contribution in [1.82, 2.24) is 20.2 Å². The highest BCUT2D eigenvalue weighted by Crippen LogP contribution is 2.34. The number of tetrazole rings is 1. The third kappa shape index (κ3) is 4.76. The Morgan fingerprint density at radius 2 is 1.79 bits per heavy atom. The topological polar surface area (TPSA) is 72.7 Å². The maximum atomic E-state index is 13.1. The number of hydrogen-bond donors (Lipinski definition) is 1. The summed E-state index contributed by atoms with van der Waals surface area (Å²) in [4.78, 5) is 12.2. The van der Waals surface area contributed by atoms with Crippen LogP contribution in [0.1, 0.15) is 22.3 Å². The van der Waals surface area contributed by atoms with Crippen LogP contribution in [0.25, 0.3) is 5.69 Å². The van der Waals surface area contributed by atoms with Crippen molar-refractivity contribution in [3.8, 4) is 5.69 Å². The number of nitrogens with zero attached hydrogens (tertiary/aromatic N) is 4. The van der Waals surface area contributed by atoms with Crippen molar-refractivity contribution in [1.29, 1.82) is 0 Å². The number of carbonyl (C=O) groups excluding carboxylic acids is 1. The molecule has 1 aromatic heterocycles. The van der Waals surface area contributed by atoms with Gasteiger partial charge < -0.3 is 5.32 Å². The Labute approximate surface area is 169 Å². The molecule has 3 rings (SSSR count). The third-order valence-electron chi connectivity index (χ3n) is 4.13. The van der Waals surface area contributed by atoms with E-state index < -0.39 is 17.6 Å². The second-order valence-corrected chi connectivity index (χ2v) is 7.44. The summed E-state index contributed by atoms with van der Waals surface area (Å²) in [6.45, 7) is 5.86. The van der Waals surface area contributed by atoms with E-state index in [9.17, 15) is 18.0 Å². The van der Waals surface area contributed by atoms with Crippen molar-refractivity contribution in [3.63, 3.8) is 0 Å². The summed E-state index contributed by atoms with van der Waals surface area (Å²) in [5, 5.41) is 14.3. The van der Waals surface area contributed by atoms with Gasteiger partial charge in [0, 0.05) is 0 Å². The van der Waals surface area contributed by atoms with E-state index in [0.29, 0.717) is 5.16 Å². The number of anilines is 1. The summed E-state index contributed by atoms with van der Waals surface area (Å²) in [6, 6.07) is 8.84. The Morgan fingerprint density at radius 3 is 2.45 bits per heavy atom. The van der Waals surface area contributed by atoms with Gasteiger partial charge in [0.1, 0.15) is 0 Å². The molecule has 0 aliphatic carbocycles. The lowest BCUT2D eigenvalue weighted by Gasteiger charge is -2.14. The van der Waals surface area contributed by atoms with Crippen molar-refractivity contribution in [2.45, 2.75) is 32.1 Å². The minimum Gasteiger partial charge on any atom is -0.325 e. The van der Waals surface area contributed by atoms with Crippen molar-refractivity contribution < 1.29 is 18.0 Å². The van der Waals surface area contributed by atoms with E-state index in [1.54, 1.807) is 0 Å². The lowest BCUT2D eigenvalue weighted by Crippen LogP contribution is -2.18. The number of aryl methyl sites for hydroxylation is 3. The smallest absolute Gasteiger partial charge is 0.325 e. The first-order valence-corrected chi connectivity index (χ1v) is 9.61. The first-order valence-electron chi connectivity index (χ1n) is 8.62. The van der Waals surface area contributed by atoms with Crippen LogP contribution in [0.3, 0.4) is 0 Å². The van der Waals surface area contributed by atoms with Crippen LogP contribution in [0.4, 0.5) is 18.9 Å². The predicted octanol–water partition coefficient (Wildman–Crippen LogP) is 4.34. The van der Waals surface area contributed by atoms with Gasteiger partial charge in [0.2, 0.25) is 11.1 Å². The largest absolute Gasteiger partial charge is 0.418 e. The molecule has 6 nitrogen and oxygen atoms in total. The van der Waals surface area contributed by atoms with Crippen LogP contribution in [0.2, 0.25) is 0 Å². The molecule has 1 amide bonds. The van der Waals surface area contributed by atoms with Gasteiger partial charge in [0.15, 0.2) is 0 Å². The maximum absolute atomic E-state index is 13.1. The molecule has 1 N–H and O–H groups in total. The molecule has 0 saturated carbocycles. The number of amides is 1. The molecule has 10 heteroatoms. The molecule has 0 aliphatic rings.